The Morgan fingerprint density at radius 2 is 1.65 bits per heavy atom. The monoisotopic (exact) mass is 568 g/mol. The van der Waals surface area contributed by atoms with Gasteiger partial charge in [0.15, 0.2) is 6.61 Å². The van der Waals surface area contributed by atoms with Crippen LogP contribution in [0.3, 0.4) is 0 Å². The van der Waals surface area contributed by atoms with Gasteiger partial charge in [0.1, 0.15) is 17.6 Å². The zero-order valence-corrected chi connectivity index (χ0v) is 23.3. The summed E-state index contributed by atoms with van der Waals surface area (Å²) >= 11 is 3.53. The number of hydrogen-bond donors (Lipinski definition) is 1. The van der Waals surface area contributed by atoms with Crippen molar-refractivity contribution in [1.82, 2.24) is 10.2 Å². The third-order valence-corrected chi connectivity index (χ3v) is 6.59. The summed E-state index contributed by atoms with van der Waals surface area (Å²) in [5.41, 5.74) is 2.36. The van der Waals surface area contributed by atoms with Crippen molar-refractivity contribution < 1.29 is 18.7 Å². The van der Waals surface area contributed by atoms with E-state index in [4.69, 9.17) is 4.74 Å². The van der Waals surface area contributed by atoms with E-state index >= 15 is 0 Å². The molecule has 37 heavy (non-hydrogen) atoms. The molecule has 7 heteroatoms. The zero-order valence-electron chi connectivity index (χ0n) is 21.7. The molecule has 0 aliphatic carbocycles. The lowest BCUT2D eigenvalue weighted by Crippen LogP contribution is -2.53. The number of halogens is 2. The first-order valence-corrected chi connectivity index (χ1v) is 13.2. The molecule has 0 bridgehead atoms. The molecule has 196 valence electrons. The second kappa shape index (κ2) is 13.4. The van der Waals surface area contributed by atoms with Gasteiger partial charge in [-0.1, -0.05) is 68.4 Å². The molecule has 0 saturated carbocycles. The van der Waals surface area contributed by atoms with Crippen molar-refractivity contribution >= 4 is 27.7 Å². The van der Waals surface area contributed by atoms with Crippen LogP contribution in [0.4, 0.5) is 4.39 Å². The van der Waals surface area contributed by atoms with Crippen LogP contribution < -0.4 is 10.1 Å². The molecule has 1 N–H and O–H groups in total. The van der Waals surface area contributed by atoms with Crippen molar-refractivity contribution in [2.45, 2.75) is 58.7 Å². The van der Waals surface area contributed by atoms with Gasteiger partial charge in [-0.15, -0.1) is 0 Å². The Balaban J connectivity index is 1.91. The zero-order chi connectivity index (χ0) is 26.9. The van der Waals surface area contributed by atoms with Crippen LogP contribution in [0.15, 0.2) is 77.3 Å². The SMILES string of the molecule is CC(C)NC(=O)[C@@H](Cc1ccccc1)N(Cc1ccccc1F)C(=O)COc1ccc(C(C)C)cc1Br. The number of rotatable bonds is 11. The summed E-state index contributed by atoms with van der Waals surface area (Å²) in [5, 5.41) is 2.92. The predicted molar refractivity (Wildman–Crippen MR) is 148 cm³/mol. The molecule has 1 atom stereocenters. The standard InChI is InChI=1S/C30H34BrFN2O3/c1-20(2)23-14-15-28(25(31)17-23)37-19-29(35)34(18-24-12-8-9-13-26(24)32)27(30(36)33-21(3)4)16-22-10-6-5-7-11-22/h5-15,17,20-21,27H,16,18-19H2,1-4H3,(H,33,36)/t27-/m1/s1. The van der Waals surface area contributed by atoms with Crippen LogP contribution in [0.25, 0.3) is 0 Å². The Morgan fingerprint density at radius 3 is 2.27 bits per heavy atom. The summed E-state index contributed by atoms with van der Waals surface area (Å²) in [7, 11) is 0. The van der Waals surface area contributed by atoms with E-state index in [1.807, 2.05) is 62.4 Å². The lowest BCUT2D eigenvalue weighted by Gasteiger charge is -2.32. The summed E-state index contributed by atoms with van der Waals surface area (Å²) in [5.74, 6) is -0.277. The smallest absolute Gasteiger partial charge is 0.261 e. The van der Waals surface area contributed by atoms with E-state index in [2.05, 4.69) is 35.1 Å². The average Bonchev–Trinajstić information content (AvgIpc) is 2.86. The highest BCUT2D eigenvalue weighted by molar-refractivity contribution is 9.10. The molecular formula is C30H34BrFN2O3. The van der Waals surface area contributed by atoms with Gasteiger partial charge in [0, 0.05) is 24.6 Å². The molecule has 0 aromatic heterocycles. The fraction of sp³-hybridized carbons (Fsp3) is 0.333. The van der Waals surface area contributed by atoms with Gasteiger partial charge in [-0.25, -0.2) is 4.39 Å². The molecule has 0 unspecified atom stereocenters. The van der Waals surface area contributed by atoms with Crippen LogP contribution in [0, 0.1) is 5.82 Å². The van der Waals surface area contributed by atoms with E-state index in [9.17, 15) is 14.0 Å². The minimum Gasteiger partial charge on any atom is -0.483 e. The molecule has 0 spiro atoms. The topological polar surface area (TPSA) is 58.6 Å². The van der Waals surface area contributed by atoms with Gasteiger partial charge in [0.2, 0.25) is 5.91 Å². The van der Waals surface area contributed by atoms with Crippen LogP contribution in [0.2, 0.25) is 0 Å². The Hall–Kier alpha value is -3.19. The first-order chi connectivity index (χ1) is 17.7. The predicted octanol–water partition coefficient (Wildman–Crippen LogP) is 6.26. The van der Waals surface area contributed by atoms with Crippen LogP contribution in [-0.4, -0.2) is 35.4 Å². The molecule has 0 aliphatic rings. The first kappa shape index (κ1) is 28.4. The highest BCUT2D eigenvalue weighted by Crippen LogP contribution is 2.29. The summed E-state index contributed by atoms with van der Waals surface area (Å²) < 4.78 is 21.3. The van der Waals surface area contributed by atoms with E-state index in [0.29, 0.717) is 17.2 Å². The Bertz CT molecular complexity index is 1200. The second-order valence-corrected chi connectivity index (χ2v) is 10.5. The lowest BCUT2D eigenvalue weighted by atomic mass is 10.0. The minimum absolute atomic E-state index is 0.0641. The van der Waals surface area contributed by atoms with Crippen LogP contribution >= 0.6 is 15.9 Å². The number of ether oxygens (including phenoxy) is 1. The highest BCUT2D eigenvalue weighted by atomic mass is 79.9. The van der Waals surface area contributed by atoms with Gasteiger partial charge in [-0.05, 0) is 65.0 Å². The number of nitrogens with zero attached hydrogens (tertiary/aromatic N) is 1. The van der Waals surface area contributed by atoms with Gasteiger partial charge in [-0.3, -0.25) is 9.59 Å². The minimum atomic E-state index is -0.854. The molecule has 0 fully saturated rings. The summed E-state index contributed by atoms with van der Waals surface area (Å²) in [6.45, 7) is 7.56. The molecule has 5 nitrogen and oxygen atoms in total. The lowest BCUT2D eigenvalue weighted by molar-refractivity contribution is -0.143. The first-order valence-electron chi connectivity index (χ1n) is 12.4. The molecule has 0 aliphatic heterocycles. The van der Waals surface area contributed by atoms with E-state index in [1.54, 1.807) is 18.2 Å². The molecular weight excluding hydrogens is 535 g/mol. The molecule has 3 aromatic rings. The third-order valence-electron chi connectivity index (χ3n) is 5.97. The average molecular weight is 570 g/mol. The Kier molecular flexibility index (Phi) is 10.3. The largest absolute Gasteiger partial charge is 0.483 e. The molecule has 2 amide bonds. The maximum atomic E-state index is 14.6. The number of benzene rings is 3. The van der Waals surface area contributed by atoms with Crippen molar-refractivity contribution in [3.05, 3.63) is 99.8 Å². The van der Waals surface area contributed by atoms with Crippen molar-refractivity contribution in [2.75, 3.05) is 6.61 Å². The van der Waals surface area contributed by atoms with Crippen LogP contribution in [0.5, 0.6) is 5.75 Å². The van der Waals surface area contributed by atoms with Gasteiger partial charge in [-0.2, -0.15) is 0 Å². The normalized spacial score (nSPS) is 11.9. The van der Waals surface area contributed by atoms with Gasteiger partial charge in [0.25, 0.3) is 5.91 Å². The van der Waals surface area contributed by atoms with Gasteiger partial charge in [0.05, 0.1) is 4.47 Å². The van der Waals surface area contributed by atoms with Crippen LogP contribution in [-0.2, 0) is 22.6 Å². The van der Waals surface area contributed by atoms with E-state index in [-0.39, 0.29) is 31.5 Å². The van der Waals surface area contributed by atoms with Gasteiger partial charge >= 0.3 is 0 Å². The molecule has 3 rings (SSSR count). The molecule has 0 radical (unpaired) electrons. The number of carbonyl (C=O) groups is 2. The summed E-state index contributed by atoms with van der Waals surface area (Å²) in [4.78, 5) is 28.4. The maximum absolute atomic E-state index is 14.6. The fourth-order valence-electron chi connectivity index (χ4n) is 3.96. The van der Waals surface area contributed by atoms with Crippen molar-refractivity contribution in [2.24, 2.45) is 0 Å². The quantitative estimate of drug-likeness (QED) is 0.297. The summed E-state index contributed by atoms with van der Waals surface area (Å²) in [6, 6.07) is 20.5. The maximum Gasteiger partial charge on any atom is 0.261 e. The van der Waals surface area contributed by atoms with Crippen LogP contribution in [0.1, 0.15) is 50.3 Å². The number of carbonyl (C=O) groups excluding carboxylic acids is 2. The van der Waals surface area contributed by atoms with E-state index < -0.39 is 17.8 Å². The molecule has 0 heterocycles. The number of nitrogens with one attached hydrogen (secondary N) is 1. The highest BCUT2D eigenvalue weighted by Gasteiger charge is 2.31. The second-order valence-electron chi connectivity index (χ2n) is 9.62. The molecule has 0 saturated heterocycles. The Morgan fingerprint density at radius 1 is 0.973 bits per heavy atom. The van der Waals surface area contributed by atoms with E-state index in [0.717, 1.165) is 15.6 Å². The van der Waals surface area contributed by atoms with Crippen molar-refractivity contribution in [3.8, 4) is 5.75 Å². The Labute approximate surface area is 227 Å². The van der Waals surface area contributed by atoms with Gasteiger partial charge < -0.3 is 15.0 Å². The molecule has 3 aromatic carbocycles. The van der Waals surface area contributed by atoms with E-state index in [1.165, 1.54) is 11.0 Å². The summed E-state index contributed by atoms with van der Waals surface area (Å²) in [6.07, 6.45) is 0.284. The number of hydrogen-bond acceptors (Lipinski definition) is 3. The third kappa shape index (κ3) is 8.15. The van der Waals surface area contributed by atoms with Crippen molar-refractivity contribution in [3.63, 3.8) is 0 Å². The fourth-order valence-corrected chi connectivity index (χ4v) is 4.47. The number of amides is 2. The van der Waals surface area contributed by atoms with Crippen molar-refractivity contribution in [1.29, 1.82) is 0 Å².